The third-order valence-electron chi connectivity index (χ3n) is 3.59. The highest BCUT2D eigenvalue weighted by atomic mass is 35.5. The minimum Gasteiger partial charge on any atom is -0.497 e. The summed E-state index contributed by atoms with van der Waals surface area (Å²) < 4.78 is 10.3. The number of esters is 1. The number of carbonyl (C=O) groups is 2. The van der Waals surface area contributed by atoms with Crippen LogP contribution in [0, 0.1) is 0 Å². The molecule has 1 N–H and O–H groups in total. The zero-order valence-electron chi connectivity index (χ0n) is 12.3. The van der Waals surface area contributed by atoms with E-state index in [2.05, 4.69) is 5.32 Å². The van der Waals surface area contributed by atoms with Gasteiger partial charge in [0.2, 0.25) is 0 Å². The number of amides is 1. The van der Waals surface area contributed by atoms with Gasteiger partial charge in [-0.05, 0) is 48.0 Å². The molecule has 1 aliphatic rings. The van der Waals surface area contributed by atoms with Gasteiger partial charge in [0, 0.05) is 17.1 Å². The van der Waals surface area contributed by atoms with E-state index in [-0.39, 0.29) is 5.91 Å². The number of cyclic esters (lactones) is 1. The normalized spacial score (nSPS) is 16.3. The first-order chi connectivity index (χ1) is 11.1. The molecular formula is C17H14ClNO4. The lowest BCUT2D eigenvalue weighted by molar-refractivity contribution is -0.125. The van der Waals surface area contributed by atoms with Crippen LogP contribution in [0.3, 0.4) is 0 Å². The molecule has 0 fully saturated rings. The second kappa shape index (κ2) is 6.30. The van der Waals surface area contributed by atoms with E-state index in [1.165, 1.54) is 0 Å². The Hall–Kier alpha value is -2.53. The van der Waals surface area contributed by atoms with Gasteiger partial charge in [0.25, 0.3) is 5.91 Å². The summed E-state index contributed by atoms with van der Waals surface area (Å²) in [4.78, 5) is 24.3. The van der Waals surface area contributed by atoms with Gasteiger partial charge in [-0.15, -0.1) is 0 Å². The maximum atomic E-state index is 12.3. The summed E-state index contributed by atoms with van der Waals surface area (Å²) in [5.74, 6) is -0.206. The summed E-state index contributed by atoms with van der Waals surface area (Å²) in [6.45, 7) is 0. The van der Waals surface area contributed by atoms with Gasteiger partial charge in [0.05, 0.1) is 12.7 Å². The number of anilines is 1. The van der Waals surface area contributed by atoms with Crippen LogP contribution < -0.4 is 10.1 Å². The van der Waals surface area contributed by atoms with Crippen LogP contribution >= 0.6 is 11.6 Å². The van der Waals surface area contributed by atoms with E-state index < -0.39 is 12.1 Å². The van der Waals surface area contributed by atoms with Crippen LogP contribution in [-0.4, -0.2) is 25.1 Å². The molecule has 0 aromatic heterocycles. The van der Waals surface area contributed by atoms with Crippen molar-refractivity contribution >= 4 is 29.2 Å². The van der Waals surface area contributed by atoms with Crippen molar-refractivity contribution in [2.45, 2.75) is 12.5 Å². The number of carbonyl (C=O) groups excluding carboxylic acids is 2. The molecular weight excluding hydrogens is 318 g/mol. The Morgan fingerprint density at radius 1 is 1.26 bits per heavy atom. The van der Waals surface area contributed by atoms with Crippen molar-refractivity contribution in [3.63, 3.8) is 0 Å². The van der Waals surface area contributed by atoms with Crippen molar-refractivity contribution < 1.29 is 19.1 Å². The molecule has 5 nitrogen and oxygen atoms in total. The van der Waals surface area contributed by atoms with Gasteiger partial charge in [-0.1, -0.05) is 11.6 Å². The topological polar surface area (TPSA) is 64.6 Å². The van der Waals surface area contributed by atoms with Crippen molar-refractivity contribution in [2.24, 2.45) is 0 Å². The lowest BCUT2D eigenvalue weighted by Gasteiger charge is -2.24. The number of methoxy groups -OCH3 is 1. The minimum absolute atomic E-state index is 0.295. The monoisotopic (exact) mass is 331 g/mol. The van der Waals surface area contributed by atoms with Gasteiger partial charge >= 0.3 is 5.97 Å². The minimum atomic E-state index is -0.879. The third-order valence-corrected chi connectivity index (χ3v) is 3.83. The molecule has 0 aliphatic carbocycles. The van der Waals surface area contributed by atoms with Gasteiger partial charge in [0.1, 0.15) is 5.75 Å². The van der Waals surface area contributed by atoms with Crippen molar-refractivity contribution in [1.29, 1.82) is 0 Å². The predicted octanol–water partition coefficient (Wildman–Crippen LogP) is 3.07. The molecule has 1 unspecified atom stereocenters. The number of ether oxygens (including phenoxy) is 2. The van der Waals surface area contributed by atoms with Gasteiger partial charge < -0.3 is 14.8 Å². The summed E-state index contributed by atoms with van der Waals surface area (Å²) in [5.41, 5.74) is 1.76. The van der Waals surface area contributed by atoms with Crippen LogP contribution in [0.15, 0.2) is 42.5 Å². The smallest absolute Gasteiger partial charge is 0.339 e. The van der Waals surface area contributed by atoms with Gasteiger partial charge in [-0.2, -0.15) is 0 Å². The maximum Gasteiger partial charge on any atom is 0.339 e. The molecule has 3 rings (SSSR count). The van der Waals surface area contributed by atoms with Crippen LogP contribution in [-0.2, 0) is 16.0 Å². The molecule has 2 aromatic rings. The summed E-state index contributed by atoms with van der Waals surface area (Å²) in [6.07, 6.45) is -0.584. The van der Waals surface area contributed by atoms with E-state index in [1.807, 2.05) is 0 Å². The van der Waals surface area contributed by atoms with Crippen molar-refractivity contribution in [3.05, 3.63) is 58.6 Å². The number of halogens is 1. The number of benzene rings is 2. The van der Waals surface area contributed by atoms with E-state index in [9.17, 15) is 9.59 Å². The van der Waals surface area contributed by atoms with Crippen LogP contribution in [0.5, 0.6) is 5.75 Å². The molecule has 0 saturated carbocycles. The lowest BCUT2D eigenvalue weighted by atomic mass is 9.98. The molecule has 0 saturated heterocycles. The number of rotatable bonds is 3. The van der Waals surface area contributed by atoms with Gasteiger partial charge in [-0.3, -0.25) is 4.79 Å². The van der Waals surface area contributed by atoms with Gasteiger partial charge in [-0.25, -0.2) is 4.79 Å². The van der Waals surface area contributed by atoms with E-state index in [0.717, 1.165) is 0 Å². The molecule has 1 heterocycles. The maximum absolute atomic E-state index is 12.3. The Balaban J connectivity index is 1.74. The molecule has 0 radical (unpaired) electrons. The lowest BCUT2D eigenvalue weighted by Crippen LogP contribution is -2.38. The number of nitrogens with one attached hydrogen (secondary N) is 1. The fraction of sp³-hybridized carbons (Fsp3) is 0.176. The number of hydrogen-bond acceptors (Lipinski definition) is 4. The summed E-state index contributed by atoms with van der Waals surface area (Å²) >= 11 is 5.95. The van der Waals surface area contributed by atoms with E-state index >= 15 is 0 Å². The molecule has 23 heavy (non-hydrogen) atoms. The fourth-order valence-corrected chi connectivity index (χ4v) is 2.60. The Morgan fingerprint density at radius 3 is 2.70 bits per heavy atom. The standard InChI is InChI=1S/C17H14ClNO4/c1-22-13-5-3-12(4-6-13)19-16(20)15-9-10-8-11(18)2-7-14(10)17(21)23-15/h2-8,15H,9H2,1H3,(H,19,20). The van der Waals surface area contributed by atoms with Crippen molar-refractivity contribution in [2.75, 3.05) is 12.4 Å². The summed E-state index contributed by atoms with van der Waals surface area (Å²) in [7, 11) is 1.57. The quantitative estimate of drug-likeness (QED) is 0.878. The van der Waals surface area contributed by atoms with Crippen molar-refractivity contribution in [3.8, 4) is 5.75 Å². The van der Waals surface area contributed by atoms with Crippen LogP contribution in [0.2, 0.25) is 5.02 Å². The molecule has 1 atom stereocenters. The Labute approximate surface area is 138 Å². The molecule has 118 valence electrons. The molecule has 0 bridgehead atoms. The average Bonchev–Trinajstić information content (AvgIpc) is 2.55. The first-order valence-corrected chi connectivity index (χ1v) is 7.39. The van der Waals surface area contributed by atoms with E-state index in [0.29, 0.717) is 34.0 Å². The predicted molar refractivity (Wildman–Crippen MR) is 86.0 cm³/mol. The molecule has 1 amide bonds. The zero-order chi connectivity index (χ0) is 16.4. The third kappa shape index (κ3) is 3.29. The highest BCUT2D eigenvalue weighted by Crippen LogP contribution is 2.25. The molecule has 0 spiro atoms. The van der Waals surface area contributed by atoms with E-state index in [1.54, 1.807) is 49.6 Å². The SMILES string of the molecule is COc1ccc(NC(=O)C2Cc3cc(Cl)ccc3C(=O)O2)cc1. The number of hydrogen-bond donors (Lipinski definition) is 1. The Morgan fingerprint density at radius 2 is 2.00 bits per heavy atom. The Bertz CT molecular complexity index is 758. The average molecular weight is 332 g/mol. The summed E-state index contributed by atoms with van der Waals surface area (Å²) in [5, 5.41) is 3.25. The molecule has 6 heteroatoms. The van der Waals surface area contributed by atoms with E-state index in [4.69, 9.17) is 21.1 Å². The van der Waals surface area contributed by atoms with Crippen LogP contribution in [0.4, 0.5) is 5.69 Å². The first kappa shape index (κ1) is 15.4. The Kier molecular flexibility index (Phi) is 4.21. The second-order valence-corrected chi connectivity index (χ2v) is 5.55. The molecule has 1 aliphatic heterocycles. The highest BCUT2D eigenvalue weighted by molar-refractivity contribution is 6.30. The van der Waals surface area contributed by atoms with Gasteiger partial charge in [0.15, 0.2) is 6.10 Å². The van der Waals surface area contributed by atoms with Crippen molar-refractivity contribution in [1.82, 2.24) is 0 Å². The molecule has 2 aromatic carbocycles. The summed E-state index contributed by atoms with van der Waals surface area (Å²) in [6, 6.07) is 11.8. The number of fused-ring (bicyclic) bond motifs is 1. The first-order valence-electron chi connectivity index (χ1n) is 7.01. The van der Waals surface area contributed by atoms with Crippen LogP contribution in [0.1, 0.15) is 15.9 Å². The second-order valence-electron chi connectivity index (χ2n) is 5.12. The highest BCUT2D eigenvalue weighted by Gasteiger charge is 2.31. The van der Waals surface area contributed by atoms with Crippen LogP contribution in [0.25, 0.3) is 0 Å². The largest absolute Gasteiger partial charge is 0.497 e. The fourth-order valence-electron chi connectivity index (χ4n) is 2.41. The zero-order valence-corrected chi connectivity index (χ0v) is 13.1.